The van der Waals surface area contributed by atoms with Gasteiger partial charge in [-0.3, -0.25) is 4.99 Å². The highest BCUT2D eigenvalue weighted by atomic mass is 127. The summed E-state index contributed by atoms with van der Waals surface area (Å²) in [6.07, 6.45) is 1.72. The summed E-state index contributed by atoms with van der Waals surface area (Å²) in [5, 5.41) is 6.75. The van der Waals surface area contributed by atoms with Crippen molar-refractivity contribution in [2.45, 2.75) is 26.3 Å². The Morgan fingerprint density at radius 1 is 0.970 bits per heavy atom. The molecule has 33 heavy (non-hydrogen) atoms. The third-order valence-corrected chi connectivity index (χ3v) is 5.39. The van der Waals surface area contributed by atoms with Gasteiger partial charge in [0.15, 0.2) is 17.5 Å². The Hall–Kier alpha value is -2.69. The first kappa shape index (κ1) is 26.6. The zero-order valence-corrected chi connectivity index (χ0v) is 22.3. The van der Waals surface area contributed by atoms with Gasteiger partial charge in [0.2, 0.25) is 5.75 Å². The fourth-order valence-corrected chi connectivity index (χ4v) is 3.82. The molecule has 0 saturated carbocycles. The highest BCUT2D eigenvalue weighted by Crippen LogP contribution is 2.39. The molecule has 2 N–H and O–H groups in total. The molecular weight excluding hydrogens is 533 g/mol. The van der Waals surface area contributed by atoms with E-state index in [2.05, 4.69) is 50.3 Å². The molecule has 0 aliphatic rings. The summed E-state index contributed by atoms with van der Waals surface area (Å²) in [7, 11) is 6.65. The van der Waals surface area contributed by atoms with Crippen molar-refractivity contribution < 1.29 is 14.2 Å². The predicted molar refractivity (Wildman–Crippen MR) is 144 cm³/mol. The lowest BCUT2D eigenvalue weighted by Gasteiger charge is -2.17. The number of aryl methyl sites for hydroxylation is 2. The molecule has 0 bridgehead atoms. The molecule has 0 atom stereocenters. The van der Waals surface area contributed by atoms with Crippen molar-refractivity contribution in [2.75, 3.05) is 41.5 Å². The third-order valence-electron chi connectivity index (χ3n) is 5.39. The second kappa shape index (κ2) is 13.1. The molecule has 0 radical (unpaired) electrons. The van der Waals surface area contributed by atoms with Crippen LogP contribution in [0.4, 0.5) is 0 Å². The first-order chi connectivity index (χ1) is 15.6. The molecule has 0 saturated heterocycles. The maximum atomic E-state index is 5.56. The van der Waals surface area contributed by atoms with Gasteiger partial charge in [0.25, 0.3) is 0 Å². The predicted octanol–water partition coefficient (Wildman–Crippen LogP) is 3.79. The second-order valence-corrected chi connectivity index (χ2v) is 7.32. The molecule has 0 unspecified atom stereocenters. The van der Waals surface area contributed by atoms with E-state index in [1.54, 1.807) is 28.4 Å². The Balaban J connectivity index is 0.00000385. The van der Waals surface area contributed by atoms with E-state index in [4.69, 9.17) is 14.2 Å². The minimum Gasteiger partial charge on any atom is -0.493 e. The summed E-state index contributed by atoms with van der Waals surface area (Å²) in [4.78, 5) is 8.95. The van der Waals surface area contributed by atoms with E-state index < -0.39 is 0 Å². The van der Waals surface area contributed by atoms with Crippen molar-refractivity contribution in [1.29, 1.82) is 0 Å². The Labute approximate surface area is 212 Å². The molecule has 0 aliphatic carbocycles. The lowest BCUT2D eigenvalue weighted by Crippen LogP contribution is -2.39. The van der Waals surface area contributed by atoms with E-state index in [0.29, 0.717) is 23.8 Å². The molecule has 8 nitrogen and oxygen atoms in total. The number of hydrogen-bond donors (Lipinski definition) is 2. The van der Waals surface area contributed by atoms with E-state index in [0.717, 1.165) is 48.8 Å². The number of aliphatic imine (C=N–C) groups is 1. The molecule has 1 aromatic heterocycles. The van der Waals surface area contributed by atoms with Gasteiger partial charge < -0.3 is 29.4 Å². The summed E-state index contributed by atoms with van der Waals surface area (Å²) in [5.74, 6) is 3.77. The minimum absolute atomic E-state index is 0. The first-order valence-electron chi connectivity index (χ1n) is 10.8. The SMILES string of the molecule is CN=C(NCCCn1c(C)nc2ccccc21)NCCc1ccc(OC)c(OC)c1OC.I. The van der Waals surface area contributed by atoms with Crippen LogP contribution >= 0.6 is 24.0 Å². The lowest BCUT2D eigenvalue weighted by atomic mass is 10.1. The first-order valence-corrected chi connectivity index (χ1v) is 10.8. The average Bonchev–Trinajstić information content (AvgIpc) is 3.14. The van der Waals surface area contributed by atoms with E-state index in [1.807, 2.05) is 18.2 Å². The maximum Gasteiger partial charge on any atom is 0.203 e. The average molecular weight is 567 g/mol. The number of rotatable bonds is 10. The van der Waals surface area contributed by atoms with Gasteiger partial charge in [0.1, 0.15) is 5.82 Å². The van der Waals surface area contributed by atoms with Crippen LogP contribution in [0.1, 0.15) is 17.8 Å². The molecule has 0 amide bonds. The van der Waals surface area contributed by atoms with Crippen LogP contribution in [0, 0.1) is 6.92 Å². The van der Waals surface area contributed by atoms with Crippen molar-refractivity contribution >= 4 is 41.0 Å². The summed E-state index contributed by atoms with van der Waals surface area (Å²) >= 11 is 0. The molecule has 2 aromatic carbocycles. The largest absolute Gasteiger partial charge is 0.493 e. The van der Waals surface area contributed by atoms with Gasteiger partial charge in [-0.15, -0.1) is 24.0 Å². The molecule has 9 heteroatoms. The number of para-hydroxylation sites is 2. The number of fused-ring (bicyclic) bond motifs is 1. The molecular formula is C24H34IN5O3. The monoisotopic (exact) mass is 567 g/mol. The van der Waals surface area contributed by atoms with E-state index >= 15 is 0 Å². The van der Waals surface area contributed by atoms with Gasteiger partial charge in [-0.2, -0.15) is 0 Å². The Kier molecular flexibility index (Phi) is 10.6. The van der Waals surface area contributed by atoms with Gasteiger partial charge in [0, 0.05) is 32.2 Å². The summed E-state index contributed by atoms with van der Waals surface area (Å²) < 4.78 is 18.6. The van der Waals surface area contributed by atoms with Gasteiger partial charge >= 0.3 is 0 Å². The maximum absolute atomic E-state index is 5.56. The van der Waals surface area contributed by atoms with Gasteiger partial charge in [-0.25, -0.2) is 4.98 Å². The quantitative estimate of drug-likeness (QED) is 0.168. The molecule has 3 aromatic rings. The summed E-state index contributed by atoms with van der Waals surface area (Å²) in [6, 6.07) is 12.1. The smallest absolute Gasteiger partial charge is 0.203 e. The van der Waals surface area contributed by atoms with E-state index in [-0.39, 0.29) is 24.0 Å². The van der Waals surface area contributed by atoms with Gasteiger partial charge in [0.05, 0.1) is 32.4 Å². The molecule has 0 aliphatic heterocycles. The number of guanidine groups is 1. The van der Waals surface area contributed by atoms with Crippen LogP contribution in [0.25, 0.3) is 11.0 Å². The minimum atomic E-state index is 0. The van der Waals surface area contributed by atoms with Crippen LogP contribution in [0.5, 0.6) is 17.2 Å². The number of methoxy groups -OCH3 is 3. The topological polar surface area (TPSA) is 81.9 Å². The molecule has 0 fully saturated rings. The zero-order chi connectivity index (χ0) is 22.9. The van der Waals surface area contributed by atoms with E-state index in [1.165, 1.54) is 5.52 Å². The fraction of sp³-hybridized carbons (Fsp3) is 0.417. The normalized spacial score (nSPS) is 11.1. The number of halogens is 1. The van der Waals surface area contributed by atoms with Crippen LogP contribution in [0.3, 0.4) is 0 Å². The molecule has 1 heterocycles. The Morgan fingerprint density at radius 3 is 2.39 bits per heavy atom. The van der Waals surface area contributed by atoms with Crippen molar-refractivity contribution in [1.82, 2.24) is 20.2 Å². The second-order valence-electron chi connectivity index (χ2n) is 7.32. The van der Waals surface area contributed by atoms with Crippen LogP contribution in [0.2, 0.25) is 0 Å². The van der Waals surface area contributed by atoms with Crippen molar-refractivity contribution in [2.24, 2.45) is 4.99 Å². The lowest BCUT2D eigenvalue weighted by molar-refractivity contribution is 0.322. The van der Waals surface area contributed by atoms with Crippen molar-refractivity contribution in [3.8, 4) is 17.2 Å². The third kappa shape index (κ3) is 6.43. The van der Waals surface area contributed by atoms with Crippen LogP contribution in [-0.2, 0) is 13.0 Å². The fourth-order valence-electron chi connectivity index (χ4n) is 3.82. The molecule has 180 valence electrons. The standard InChI is InChI=1S/C24H33N5O3.HI/c1-17-28-19-9-6-7-10-20(19)29(17)16-8-14-26-24(25-2)27-15-13-18-11-12-21(30-3)23(32-5)22(18)31-4;/h6-7,9-12H,8,13-16H2,1-5H3,(H2,25,26,27);1H. The van der Waals surface area contributed by atoms with Crippen LogP contribution in [0.15, 0.2) is 41.4 Å². The Bertz CT molecular complexity index is 1070. The number of nitrogens with one attached hydrogen (secondary N) is 2. The summed E-state index contributed by atoms with van der Waals surface area (Å²) in [5.41, 5.74) is 3.26. The number of ether oxygens (including phenoxy) is 3. The number of imidazole rings is 1. The number of aromatic nitrogens is 2. The number of benzene rings is 2. The van der Waals surface area contributed by atoms with Gasteiger partial charge in [-0.1, -0.05) is 18.2 Å². The van der Waals surface area contributed by atoms with E-state index in [9.17, 15) is 0 Å². The van der Waals surface area contributed by atoms with Crippen LogP contribution < -0.4 is 24.8 Å². The van der Waals surface area contributed by atoms with Gasteiger partial charge in [-0.05, 0) is 38.0 Å². The summed E-state index contributed by atoms with van der Waals surface area (Å²) in [6.45, 7) is 4.47. The Morgan fingerprint density at radius 2 is 1.70 bits per heavy atom. The van der Waals surface area contributed by atoms with Crippen LogP contribution in [-0.4, -0.2) is 57.0 Å². The highest BCUT2D eigenvalue weighted by molar-refractivity contribution is 14.0. The van der Waals surface area contributed by atoms with Crippen molar-refractivity contribution in [3.05, 3.63) is 47.8 Å². The molecule has 3 rings (SSSR count). The number of hydrogen-bond acceptors (Lipinski definition) is 5. The number of nitrogens with zero attached hydrogens (tertiary/aromatic N) is 3. The zero-order valence-electron chi connectivity index (χ0n) is 20.0. The highest BCUT2D eigenvalue weighted by Gasteiger charge is 2.15. The van der Waals surface area contributed by atoms with Crippen molar-refractivity contribution in [3.63, 3.8) is 0 Å². The molecule has 0 spiro atoms.